The Balaban J connectivity index is 1.83. The fourth-order valence-corrected chi connectivity index (χ4v) is 5.83. The number of ether oxygens (including phenoxy) is 1. The molecular weight excluding hydrogens is 484 g/mol. The number of hydrogen-bond acceptors (Lipinski definition) is 5. The maximum absolute atomic E-state index is 14.9. The van der Waals surface area contributed by atoms with Crippen LogP contribution in [0.5, 0.6) is 0 Å². The van der Waals surface area contributed by atoms with Crippen LogP contribution in [0, 0.1) is 18.6 Å². The molecule has 0 saturated heterocycles. The van der Waals surface area contributed by atoms with Gasteiger partial charge in [-0.2, -0.15) is 0 Å². The Bertz CT molecular complexity index is 1350. The van der Waals surface area contributed by atoms with Crippen molar-refractivity contribution in [2.45, 2.75) is 38.3 Å². The number of H-pyrrole nitrogens is 1. The quantitative estimate of drug-likeness (QED) is 0.477. The number of rotatable bonds is 7. The van der Waals surface area contributed by atoms with Crippen LogP contribution in [-0.2, 0) is 11.3 Å². The molecule has 3 aromatic rings. The Kier molecular flexibility index (Phi) is 7.47. The second-order valence-corrected chi connectivity index (χ2v) is 9.68. The molecule has 0 amide bonds. The summed E-state index contributed by atoms with van der Waals surface area (Å²) in [6, 6.07) is 3.62. The highest BCUT2D eigenvalue weighted by atomic mass is 35.5. The van der Waals surface area contributed by atoms with E-state index in [1.807, 2.05) is 0 Å². The third-order valence-corrected chi connectivity index (χ3v) is 7.68. The maximum Gasteiger partial charge on any atom is 0.328 e. The number of aromatic nitrogens is 2. The Morgan fingerprint density at radius 2 is 1.94 bits per heavy atom. The lowest BCUT2D eigenvalue weighted by Gasteiger charge is -2.21. The topological polar surface area (TPSA) is 67.3 Å². The first-order chi connectivity index (χ1) is 16.2. The van der Waals surface area contributed by atoms with Gasteiger partial charge in [0.15, 0.2) is 0 Å². The highest BCUT2D eigenvalue weighted by Gasteiger charge is 2.27. The van der Waals surface area contributed by atoms with Gasteiger partial charge in [-0.05, 0) is 37.7 Å². The highest BCUT2D eigenvalue weighted by molar-refractivity contribution is 7.99. The molecule has 4 rings (SSSR count). The molecular formula is C24H26ClF2N3O3S. The molecule has 182 valence electrons. The van der Waals surface area contributed by atoms with E-state index in [2.05, 4.69) is 23.7 Å². The molecule has 0 spiro atoms. The molecule has 1 aliphatic heterocycles. The van der Waals surface area contributed by atoms with Crippen molar-refractivity contribution in [2.24, 2.45) is 0 Å². The number of benzene rings is 2. The largest absolute Gasteiger partial charge is 0.374 e. The van der Waals surface area contributed by atoms with Crippen LogP contribution < -0.4 is 11.2 Å². The zero-order valence-electron chi connectivity index (χ0n) is 19.2. The van der Waals surface area contributed by atoms with Gasteiger partial charge in [-0.25, -0.2) is 13.6 Å². The molecule has 0 bridgehead atoms. The summed E-state index contributed by atoms with van der Waals surface area (Å²) >= 11 is 7.37. The minimum atomic E-state index is -0.852. The van der Waals surface area contributed by atoms with Crippen LogP contribution in [0.25, 0.3) is 22.0 Å². The van der Waals surface area contributed by atoms with Gasteiger partial charge >= 0.3 is 5.69 Å². The molecule has 0 radical (unpaired) electrons. The Morgan fingerprint density at radius 1 is 1.21 bits per heavy atom. The van der Waals surface area contributed by atoms with Crippen molar-refractivity contribution in [3.63, 3.8) is 0 Å². The lowest BCUT2D eigenvalue weighted by atomic mass is 9.97. The number of nitrogens with zero attached hydrogens (tertiary/aromatic N) is 2. The standard InChI is InChI=1S/C24H26ClF2N3O3S/c1-4-29(5-2)6-7-33-14-11-30-21-16(23(31)28-24(30)32)8-13(3)20(22(21)34-12-14)15-9-17(25)19(27)10-18(15)26/h8-10,14H,4-7,11-12H2,1-3H3,(H,28,31,32)/t14-/m0/s1. The number of aromatic amines is 1. The van der Waals surface area contributed by atoms with Crippen LogP contribution in [-0.4, -0.2) is 52.5 Å². The predicted octanol–water partition coefficient (Wildman–Crippen LogP) is 4.43. The number of hydrogen-bond donors (Lipinski definition) is 1. The number of thioether (sulfide) groups is 1. The van der Waals surface area contributed by atoms with Crippen molar-refractivity contribution in [2.75, 3.05) is 32.0 Å². The predicted molar refractivity (Wildman–Crippen MR) is 132 cm³/mol. The summed E-state index contributed by atoms with van der Waals surface area (Å²) in [5, 5.41) is 0.128. The van der Waals surface area contributed by atoms with E-state index in [0.717, 1.165) is 25.7 Å². The van der Waals surface area contributed by atoms with E-state index in [4.69, 9.17) is 16.3 Å². The maximum atomic E-state index is 14.9. The van der Waals surface area contributed by atoms with Crippen molar-refractivity contribution in [3.8, 4) is 11.1 Å². The molecule has 2 heterocycles. The monoisotopic (exact) mass is 509 g/mol. The van der Waals surface area contributed by atoms with E-state index in [-0.39, 0.29) is 23.2 Å². The Morgan fingerprint density at radius 3 is 2.65 bits per heavy atom. The van der Waals surface area contributed by atoms with Crippen molar-refractivity contribution >= 4 is 34.3 Å². The Labute approximate surface area is 204 Å². The molecule has 1 N–H and O–H groups in total. The van der Waals surface area contributed by atoms with Crippen molar-refractivity contribution in [1.82, 2.24) is 14.5 Å². The molecule has 10 heteroatoms. The van der Waals surface area contributed by atoms with Gasteiger partial charge in [-0.1, -0.05) is 25.4 Å². The minimum Gasteiger partial charge on any atom is -0.374 e. The summed E-state index contributed by atoms with van der Waals surface area (Å²) in [5.74, 6) is -1.12. The Hall–Kier alpha value is -2.20. The zero-order valence-corrected chi connectivity index (χ0v) is 20.8. The summed E-state index contributed by atoms with van der Waals surface area (Å²) in [6.07, 6.45) is -0.297. The van der Waals surface area contributed by atoms with Crippen molar-refractivity contribution in [3.05, 3.63) is 61.3 Å². The molecule has 0 saturated carbocycles. The van der Waals surface area contributed by atoms with Crippen LogP contribution in [0.4, 0.5) is 8.78 Å². The SMILES string of the molecule is CCN(CC)CCO[C@@H]1CSc2c(-c3cc(Cl)c(F)cc3F)c(C)cc3c(=O)[nH]c(=O)n(c23)C1. The summed E-state index contributed by atoms with van der Waals surface area (Å²) in [6.45, 7) is 9.27. The fraction of sp³-hybridized carbons (Fsp3) is 0.417. The first-order valence-electron chi connectivity index (χ1n) is 11.2. The van der Waals surface area contributed by atoms with Crippen molar-refractivity contribution < 1.29 is 13.5 Å². The summed E-state index contributed by atoms with van der Waals surface area (Å²) in [5.41, 5.74) is 0.590. The fourth-order valence-electron chi connectivity index (χ4n) is 4.34. The average molecular weight is 510 g/mol. The van der Waals surface area contributed by atoms with E-state index in [1.54, 1.807) is 13.0 Å². The molecule has 1 aromatic heterocycles. The van der Waals surface area contributed by atoms with Gasteiger partial charge in [0.05, 0.1) is 35.2 Å². The molecule has 34 heavy (non-hydrogen) atoms. The molecule has 2 aromatic carbocycles. The smallest absolute Gasteiger partial charge is 0.328 e. The molecule has 1 atom stereocenters. The van der Waals surface area contributed by atoms with Gasteiger partial charge in [0.2, 0.25) is 0 Å². The average Bonchev–Trinajstić information content (AvgIpc) is 2.99. The van der Waals surface area contributed by atoms with Crippen molar-refractivity contribution in [1.29, 1.82) is 0 Å². The second kappa shape index (κ2) is 10.2. The van der Waals surface area contributed by atoms with Gasteiger partial charge in [0.1, 0.15) is 11.6 Å². The first-order valence-corrected chi connectivity index (χ1v) is 12.5. The van der Waals surface area contributed by atoms with E-state index in [9.17, 15) is 18.4 Å². The highest BCUT2D eigenvalue weighted by Crippen LogP contribution is 2.42. The number of likely N-dealkylation sites (N-methyl/N-ethyl adjacent to an activating group) is 1. The number of halogens is 3. The molecule has 0 fully saturated rings. The van der Waals surface area contributed by atoms with Gasteiger partial charge < -0.3 is 9.64 Å². The molecule has 0 aliphatic carbocycles. The van der Waals surface area contributed by atoms with E-state index >= 15 is 0 Å². The first kappa shape index (κ1) is 24.9. The van der Waals surface area contributed by atoms with Crippen LogP contribution in [0.1, 0.15) is 19.4 Å². The lowest BCUT2D eigenvalue weighted by molar-refractivity contribution is 0.0432. The van der Waals surface area contributed by atoms with Gasteiger partial charge in [-0.3, -0.25) is 14.3 Å². The van der Waals surface area contributed by atoms with E-state index < -0.39 is 22.9 Å². The number of aryl methyl sites for hydroxylation is 1. The van der Waals surface area contributed by atoms with Gasteiger partial charge in [0, 0.05) is 34.4 Å². The van der Waals surface area contributed by atoms with Crippen LogP contribution >= 0.6 is 23.4 Å². The molecule has 6 nitrogen and oxygen atoms in total. The third kappa shape index (κ3) is 4.66. The lowest BCUT2D eigenvalue weighted by Crippen LogP contribution is -2.35. The van der Waals surface area contributed by atoms with E-state index in [0.29, 0.717) is 39.3 Å². The van der Waals surface area contributed by atoms with Gasteiger partial charge in [0.25, 0.3) is 5.56 Å². The van der Waals surface area contributed by atoms with Crippen LogP contribution in [0.2, 0.25) is 5.02 Å². The van der Waals surface area contributed by atoms with Crippen LogP contribution in [0.3, 0.4) is 0 Å². The van der Waals surface area contributed by atoms with Crippen LogP contribution in [0.15, 0.2) is 32.7 Å². The summed E-state index contributed by atoms with van der Waals surface area (Å²) < 4.78 is 36.4. The van der Waals surface area contributed by atoms with E-state index in [1.165, 1.54) is 22.4 Å². The molecule has 1 aliphatic rings. The minimum absolute atomic E-state index is 0.119. The number of nitrogens with one attached hydrogen (secondary N) is 1. The second-order valence-electron chi connectivity index (χ2n) is 8.24. The summed E-state index contributed by atoms with van der Waals surface area (Å²) in [4.78, 5) is 30.7. The third-order valence-electron chi connectivity index (χ3n) is 6.17. The van der Waals surface area contributed by atoms with Gasteiger partial charge in [-0.15, -0.1) is 11.8 Å². The molecule has 0 unspecified atom stereocenters. The summed E-state index contributed by atoms with van der Waals surface area (Å²) in [7, 11) is 0. The normalized spacial score (nSPS) is 15.8. The zero-order chi connectivity index (χ0) is 24.6.